The first kappa shape index (κ1) is 18.4. The second kappa shape index (κ2) is 7.23. The fraction of sp³-hybridized carbons (Fsp3) is 0.348. The number of carbonyl (C=O) groups is 3. The minimum absolute atomic E-state index is 0.105. The molecule has 3 atom stereocenters. The van der Waals surface area contributed by atoms with Gasteiger partial charge in [-0.15, -0.1) is 0 Å². The quantitative estimate of drug-likeness (QED) is 0.458. The standard InChI is InChI=1S/C23H23NO4/c1-14-3-6-16(7-4-14)23(27)28-18-10-8-17(9-11-18)24-21(25)19-12-5-15(2)13-20(19)22(24)26/h3-4,6-11,15,19-20H,5,12-13H2,1-2H3/t15-,19-,20+/m1/s1. The van der Waals surface area contributed by atoms with E-state index < -0.39 is 5.97 Å². The van der Waals surface area contributed by atoms with Gasteiger partial charge in [0, 0.05) is 0 Å². The summed E-state index contributed by atoms with van der Waals surface area (Å²) in [6.07, 6.45) is 2.54. The molecule has 144 valence electrons. The molecule has 1 saturated carbocycles. The Morgan fingerprint density at radius 1 is 0.929 bits per heavy atom. The number of aryl methyl sites for hydroxylation is 1. The molecule has 1 heterocycles. The van der Waals surface area contributed by atoms with Crippen LogP contribution < -0.4 is 9.64 Å². The highest BCUT2D eigenvalue weighted by Crippen LogP contribution is 2.42. The number of hydrogen-bond acceptors (Lipinski definition) is 4. The van der Waals surface area contributed by atoms with Gasteiger partial charge < -0.3 is 4.74 Å². The number of esters is 1. The Morgan fingerprint density at radius 2 is 1.57 bits per heavy atom. The largest absolute Gasteiger partial charge is 0.423 e. The Labute approximate surface area is 164 Å². The van der Waals surface area contributed by atoms with E-state index in [4.69, 9.17) is 4.74 Å². The van der Waals surface area contributed by atoms with Crippen molar-refractivity contribution in [1.82, 2.24) is 0 Å². The van der Waals surface area contributed by atoms with Crippen molar-refractivity contribution in [3.63, 3.8) is 0 Å². The van der Waals surface area contributed by atoms with Crippen LogP contribution in [-0.2, 0) is 9.59 Å². The molecule has 5 heteroatoms. The first-order valence-electron chi connectivity index (χ1n) is 9.71. The Morgan fingerprint density at radius 3 is 2.25 bits per heavy atom. The number of hydrogen-bond donors (Lipinski definition) is 0. The van der Waals surface area contributed by atoms with Gasteiger partial charge in [-0.2, -0.15) is 0 Å². The third-order valence-electron chi connectivity index (χ3n) is 5.78. The predicted octanol–water partition coefficient (Wildman–Crippen LogP) is 4.14. The van der Waals surface area contributed by atoms with Gasteiger partial charge in [0.15, 0.2) is 0 Å². The Bertz CT molecular complexity index is 917. The van der Waals surface area contributed by atoms with Gasteiger partial charge in [-0.3, -0.25) is 14.5 Å². The Hall–Kier alpha value is -2.95. The molecule has 0 spiro atoms. The van der Waals surface area contributed by atoms with Crippen LogP contribution in [0.4, 0.5) is 5.69 Å². The van der Waals surface area contributed by atoms with Crippen LogP contribution in [0, 0.1) is 24.7 Å². The van der Waals surface area contributed by atoms with Gasteiger partial charge >= 0.3 is 5.97 Å². The van der Waals surface area contributed by atoms with Crippen LogP contribution in [0.3, 0.4) is 0 Å². The molecular formula is C23H23NO4. The average Bonchev–Trinajstić information content (AvgIpc) is 2.93. The number of amides is 2. The number of benzene rings is 2. The second-order valence-electron chi connectivity index (χ2n) is 7.89. The van der Waals surface area contributed by atoms with Crippen LogP contribution in [0.1, 0.15) is 42.1 Å². The van der Waals surface area contributed by atoms with Gasteiger partial charge in [-0.05, 0) is 68.5 Å². The van der Waals surface area contributed by atoms with Crippen molar-refractivity contribution in [2.24, 2.45) is 17.8 Å². The maximum atomic E-state index is 12.8. The number of nitrogens with zero attached hydrogens (tertiary/aromatic N) is 1. The monoisotopic (exact) mass is 377 g/mol. The lowest BCUT2D eigenvalue weighted by Gasteiger charge is -2.25. The summed E-state index contributed by atoms with van der Waals surface area (Å²) in [6.45, 7) is 4.08. The van der Waals surface area contributed by atoms with E-state index in [9.17, 15) is 14.4 Å². The van der Waals surface area contributed by atoms with E-state index in [-0.39, 0.29) is 23.7 Å². The number of anilines is 1. The van der Waals surface area contributed by atoms with Gasteiger partial charge in [0.05, 0.1) is 23.1 Å². The minimum Gasteiger partial charge on any atom is -0.423 e. The van der Waals surface area contributed by atoms with E-state index in [1.165, 1.54) is 4.90 Å². The number of ether oxygens (including phenoxy) is 1. The van der Waals surface area contributed by atoms with E-state index in [1.807, 2.05) is 19.1 Å². The molecule has 2 fully saturated rings. The van der Waals surface area contributed by atoms with Crippen molar-refractivity contribution >= 4 is 23.5 Å². The van der Waals surface area contributed by atoms with Crippen LogP contribution in [0.15, 0.2) is 48.5 Å². The molecule has 0 N–H and O–H groups in total. The second-order valence-corrected chi connectivity index (χ2v) is 7.89. The van der Waals surface area contributed by atoms with Gasteiger partial charge in [0.1, 0.15) is 5.75 Å². The van der Waals surface area contributed by atoms with E-state index in [1.54, 1.807) is 36.4 Å². The van der Waals surface area contributed by atoms with Crippen molar-refractivity contribution in [1.29, 1.82) is 0 Å². The molecule has 1 aliphatic carbocycles. The molecule has 2 aliphatic rings. The van der Waals surface area contributed by atoms with Crippen LogP contribution in [0.25, 0.3) is 0 Å². The summed E-state index contributed by atoms with van der Waals surface area (Å²) < 4.78 is 5.39. The fourth-order valence-corrected chi connectivity index (χ4v) is 4.16. The van der Waals surface area contributed by atoms with Crippen molar-refractivity contribution < 1.29 is 19.1 Å². The summed E-state index contributed by atoms with van der Waals surface area (Å²) in [7, 11) is 0. The third-order valence-corrected chi connectivity index (χ3v) is 5.78. The molecule has 2 amide bonds. The maximum absolute atomic E-state index is 12.8. The predicted molar refractivity (Wildman–Crippen MR) is 105 cm³/mol. The molecule has 2 aromatic rings. The van der Waals surface area contributed by atoms with E-state index in [0.29, 0.717) is 22.9 Å². The first-order valence-corrected chi connectivity index (χ1v) is 9.71. The zero-order chi connectivity index (χ0) is 19.8. The molecule has 1 saturated heterocycles. The Kier molecular flexibility index (Phi) is 4.75. The summed E-state index contributed by atoms with van der Waals surface area (Å²) >= 11 is 0. The van der Waals surface area contributed by atoms with Gasteiger partial charge in [-0.25, -0.2) is 4.79 Å². The summed E-state index contributed by atoms with van der Waals surface area (Å²) in [5.41, 5.74) is 2.07. The van der Waals surface area contributed by atoms with E-state index in [0.717, 1.165) is 24.8 Å². The molecule has 0 radical (unpaired) electrons. The normalized spacial score (nSPS) is 24.2. The number of carbonyl (C=O) groups excluding carboxylic acids is 3. The van der Waals surface area contributed by atoms with Crippen molar-refractivity contribution in [3.8, 4) is 5.75 Å². The summed E-state index contributed by atoms with van der Waals surface area (Å²) in [5, 5.41) is 0. The van der Waals surface area contributed by atoms with Crippen molar-refractivity contribution in [2.75, 3.05) is 4.90 Å². The molecular weight excluding hydrogens is 354 g/mol. The van der Waals surface area contributed by atoms with E-state index >= 15 is 0 Å². The average molecular weight is 377 g/mol. The van der Waals surface area contributed by atoms with E-state index in [2.05, 4.69) is 6.92 Å². The SMILES string of the molecule is Cc1ccc(C(=O)Oc2ccc(N3C(=O)[C@H]4C[C@H](C)CC[C@H]4C3=O)cc2)cc1. The van der Waals surface area contributed by atoms with Crippen LogP contribution >= 0.6 is 0 Å². The third kappa shape index (κ3) is 3.33. The maximum Gasteiger partial charge on any atom is 0.343 e. The number of fused-ring (bicyclic) bond motifs is 1. The first-order chi connectivity index (χ1) is 13.4. The summed E-state index contributed by atoms with van der Waals surface area (Å²) in [5.74, 6) is -0.197. The van der Waals surface area contributed by atoms with Crippen LogP contribution in [-0.4, -0.2) is 17.8 Å². The molecule has 4 rings (SSSR count). The highest BCUT2D eigenvalue weighted by molar-refractivity contribution is 6.22. The van der Waals surface area contributed by atoms with Crippen LogP contribution in [0.5, 0.6) is 5.75 Å². The van der Waals surface area contributed by atoms with Crippen molar-refractivity contribution in [3.05, 3.63) is 59.7 Å². The zero-order valence-corrected chi connectivity index (χ0v) is 16.1. The molecule has 2 aromatic carbocycles. The zero-order valence-electron chi connectivity index (χ0n) is 16.1. The lowest BCUT2D eigenvalue weighted by atomic mass is 9.76. The molecule has 28 heavy (non-hydrogen) atoms. The highest BCUT2D eigenvalue weighted by Gasteiger charge is 2.49. The van der Waals surface area contributed by atoms with Gasteiger partial charge in [0.25, 0.3) is 0 Å². The summed E-state index contributed by atoms with van der Waals surface area (Å²) in [4.78, 5) is 39.1. The lowest BCUT2D eigenvalue weighted by molar-refractivity contribution is -0.122. The topological polar surface area (TPSA) is 63.7 Å². The van der Waals surface area contributed by atoms with Gasteiger partial charge in [0.2, 0.25) is 11.8 Å². The lowest BCUT2D eigenvalue weighted by Crippen LogP contribution is -2.30. The molecule has 0 bridgehead atoms. The fourth-order valence-electron chi connectivity index (χ4n) is 4.16. The molecule has 5 nitrogen and oxygen atoms in total. The van der Waals surface area contributed by atoms with Crippen molar-refractivity contribution in [2.45, 2.75) is 33.1 Å². The minimum atomic E-state index is -0.443. The highest BCUT2D eigenvalue weighted by atomic mass is 16.5. The van der Waals surface area contributed by atoms with Crippen LogP contribution in [0.2, 0.25) is 0 Å². The number of rotatable bonds is 3. The Balaban J connectivity index is 1.49. The smallest absolute Gasteiger partial charge is 0.343 e. The molecule has 0 aromatic heterocycles. The summed E-state index contributed by atoms with van der Waals surface area (Å²) in [6, 6.07) is 13.7. The molecule has 1 aliphatic heterocycles. The molecule has 0 unspecified atom stereocenters. The number of imide groups is 1. The van der Waals surface area contributed by atoms with Gasteiger partial charge in [-0.1, -0.05) is 24.6 Å².